The Kier molecular flexibility index (Phi) is 2.77. The molecule has 1 aliphatic carbocycles. The monoisotopic (exact) mass is 210 g/mol. The first-order valence-electron chi connectivity index (χ1n) is 4.95. The van der Waals surface area contributed by atoms with Crippen LogP contribution < -0.4 is 5.73 Å². The molecule has 1 aliphatic rings. The summed E-state index contributed by atoms with van der Waals surface area (Å²) in [5.74, 6) is 1.24. The molecule has 1 aromatic heterocycles. The normalized spacial score (nSPS) is 17.4. The molecule has 0 saturated heterocycles. The predicted octanol–water partition coefficient (Wildman–Crippen LogP) is 1.10. The maximum Gasteiger partial charge on any atom is 0.208 e. The molecule has 1 saturated carbocycles. The SMILES string of the molecule is NC(=S)c1ncn(CC2CCCC2)n1. The number of hydrogen-bond acceptors (Lipinski definition) is 3. The molecule has 1 heterocycles. The molecule has 0 spiro atoms. The van der Waals surface area contributed by atoms with Crippen LogP contribution in [0.1, 0.15) is 31.5 Å². The van der Waals surface area contributed by atoms with Crippen LogP contribution in [0.2, 0.25) is 0 Å². The zero-order valence-corrected chi connectivity index (χ0v) is 8.83. The Hall–Kier alpha value is -0.970. The van der Waals surface area contributed by atoms with Gasteiger partial charge in [0.2, 0.25) is 5.82 Å². The maximum atomic E-state index is 5.43. The number of hydrogen-bond donors (Lipinski definition) is 1. The van der Waals surface area contributed by atoms with Crippen LogP contribution in [0.3, 0.4) is 0 Å². The van der Waals surface area contributed by atoms with Crippen molar-refractivity contribution in [2.75, 3.05) is 0 Å². The highest BCUT2D eigenvalue weighted by molar-refractivity contribution is 7.80. The van der Waals surface area contributed by atoms with E-state index in [9.17, 15) is 0 Å². The Balaban J connectivity index is 1.98. The Morgan fingerprint density at radius 2 is 2.29 bits per heavy atom. The van der Waals surface area contributed by atoms with Gasteiger partial charge < -0.3 is 5.73 Å². The van der Waals surface area contributed by atoms with Gasteiger partial charge in [-0.25, -0.2) is 4.98 Å². The average Bonchev–Trinajstić information content (AvgIpc) is 2.75. The number of aromatic nitrogens is 3. The van der Waals surface area contributed by atoms with Crippen molar-refractivity contribution >= 4 is 17.2 Å². The fraction of sp³-hybridized carbons (Fsp3) is 0.667. The third-order valence-electron chi connectivity index (χ3n) is 2.68. The molecular weight excluding hydrogens is 196 g/mol. The van der Waals surface area contributed by atoms with E-state index in [0.717, 1.165) is 12.5 Å². The van der Waals surface area contributed by atoms with E-state index >= 15 is 0 Å². The minimum atomic E-state index is 0.273. The summed E-state index contributed by atoms with van der Waals surface area (Å²) in [4.78, 5) is 4.32. The molecule has 0 radical (unpaired) electrons. The van der Waals surface area contributed by atoms with Gasteiger partial charge in [0.1, 0.15) is 11.3 Å². The van der Waals surface area contributed by atoms with Crippen LogP contribution in [0.25, 0.3) is 0 Å². The molecule has 1 aromatic rings. The highest BCUT2D eigenvalue weighted by Crippen LogP contribution is 2.25. The van der Waals surface area contributed by atoms with Crippen molar-refractivity contribution in [3.8, 4) is 0 Å². The predicted molar refractivity (Wildman–Crippen MR) is 57.9 cm³/mol. The topological polar surface area (TPSA) is 56.7 Å². The summed E-state index contributed by atoms with van der Waals surface area (Å²) in [5.41, 5.74) is 5.43. The lowest BCUT2D eigenvalue weighted by molar-refractivity contribution is 0.428. The third-order valence-corrected chi connectivity index (χ3v) is 2.86. The van der Waals surface area contributed by atoms with Gasteiger partial charge in [0.15, 0.2) is 0 Å². The second kappa shape index (κ2) is 4.04. The Morgan fingerprint density at radius 3 is 2.86 bits per heavy atom. The Morgan fingerprint density at radius 1 is 1.57 bits per heavy atom. The van der Waals surface area contributed by atoms with Crippen LogP contribution in [0.15, 0.2) is 6.33 Å². The Bertz CT molecular complexity index is 327. The molecule has 2 rings (SSSR count). The highest BCUT2D eigenvalue weighted by Gasteiger charge is 2.16. The van der Waals surface area contributed by atoms with E-state index in [1.54, 1.807) is 6.33 Å². The van der Waals surface area contributed by atoms with Crippen molar-refractivity contribution in [2.45, 2.75) is 32.2 Å². The van der Waals surface area contributed by atoms with Crippen LogP contribution in [-0.2, 0) is 6.54 Å². The van der Waals surface area contributed by atoms with E-state index < -0.39 is 0 Å². The lowest BCUT2D eigenvalue weighted by Crippen LogP contribution is -2.13. The number of rotatable bonds is 3. The molecule has 5 heteroatoms. The molecule has 0 amide bonds. The van der Waals surface area contributed by atoms with Crippen LogP contribution in [-0.4, -0.2) is 19.8 Å². The minimum absolute atomic E-state index is 0.273. The molecular formula is C9H14N4S. The zero-order valence-electron chi connectivity index (χ0n) is 8.02. The van der Waals surface area contributed by atoms with Gasteiger partial charge in [-0.05, 0) is 18.8 Å². The summed E-state index contributed by atoms with van der Waals surface area (Å²) < 4.78 is 1.85. The third kappa shape index (κ3) is 2.09. The molecule has 0 aromatic carbocycles. The van der Waals surface area contributed by atoms with Crippen molar-refractivity contribution in [3.63, 3.8) is 0 Å². The fourth-order valence-electron chi connectivity index (χ4n) is 1.95. The smallest absolute Gasteiger partial charge is 0.208 e. The van der Waals surface area contributed by atoms with Gasteiger partial charge in [-0.1, -0.05) is 25.1 Å². The summed E-state index contributed by atoms with van der Waals surface area (Å²) in [6.45, 7) is 0.954. The van der Waals surface area contributed by atoms with E-state index in [2.05, 4.69) is 10.1 Å². The molecule has 0 atom stereocenters. The fourth-order valence-corrected chi connectivity index (χ4v) is 2.05. The summed E-state index contributed by atoms with van der Waals surface area (Å²) in [6, 6.07) is 0. The minimum Gasteiger partial charge on any atom is -0.387 e. The van der Waals surface area contributed by atoms with Crippen LogP contribution in [0, 0.1) is 5.92 Å². The first-order valence-corrected chi connectivity index (χ1v) is 5.36. The molecule has 76 valence electrons. The number of nitrogens with two attached hydrogens (primary N) is 1. The van der Waals surface area contributed by atoms with Gasteiger partial charge in [0.25, 0.3) is 0 Å². The van der Waals surface area contributed by atoms with Crippen LogP contribution in [0.5, 0.6) is 0 Å². The molecule has 4 nitrogen and oxygen atoms in total. The van der Waals surface area contributed by atoms with Gasteiger partial charge >= 0.3 is 0 Å². The van der Waals surface area contributed by atoms with E-state index in [-0.39, 0.29) is 4.99 Å². The first-order chi connectivity index (χ1) is 6.75. The molecule has 1 fully saturated rings. The van der Waals surface area contributed by atoms with E-state index in [1.165, 1.54) is 25.7 Å². The van der Waals surface area contributed by atoms with Crippen LogP contribution >= 0.6 is 12.2 Å². The summed E-state index contributed by atoms with van der Waals surface area (Å²) in [7, 11) is 0. The molecule has 0 unspecified atom stereocenters. The van der Waals surface area contributed by atoms with Gasteiger partial charge in [0.05, 0.1) is 0 Å². The lowest BCUT2D eigenvalue weighted by Gasteiger charge is -2.07. The van der Waals surface area contributed by atoms with Crippen LogP contribution in [0.4, 0.5) is 0 Å². The second-order valence-electron chi connectivity index (χ2n) is 3.80. The Labute approximate surface area is 88.5 Å². The largest absolute Gasteiger partial charge is 0.387 e. The van der Waals surface area contributed by atoms with Crippen molar-refractivity contribution in [1.29, 1.82) is 0 Å². The van der Waals surface area contributed by atoms with Crippen molar-refractivity contribution in [1.82, 2.24) is 14.8 Å². The maximum absolute atomic E-state index is 5.43. The summed E-state index contributed by atoms with van der Waals surface area (Å²) in [5, 5.41) is 4.21. The van der Waals surface area contributed by atoms with Crippen molar-refractivity contribution < 1.29 is 0 Å². The average molecular weight is 210 g/mol. The molecule has 14 heavy (non-hydrogen) atoms. The molecule has 0 aliphatic heterocycles. The summed E-state index contributed by atoms with van der Waals surface area (Å²) in [6.07, 6.45) is 7.03. The van der Waals surface area contributed by atoms with Gasteiger partial charge in [-0.3, -0.25) is 4.68 Å². The van der Waals surface area contributed by atoms with Gasteiger partial charge in [-0.2, -0.15) is 0 Å². The van der Waals surface area contributed by atoms with Crippen molar-refractivity contribution in [3.05, 3.63) is 12.2 Å². The highest BCUT2D eigenvalue weighted by atomic mass is 32.1. The first kappa shape index (κ1) is 9.58. The van der Waals surface area contributed by atoms with Gasteiger partial charge in [-0.15, -0.1) is 5.10 Å². The van der Waals surface area contributed by atoms with E-state index in [0.29, 0.717) is 5.82 Å². The van der Waals surface area contributed by atoms with E-state index in [1.807, 2.05) is 4.68 Å². The summed E-state index contributed by atoms with van der Waals surface area (Å²) >= 11 is 4.80. The number of thiocarbonyl (C=S) groups is 1. The standard InChI is InChI=1S/C9H14N4S/c10-8(14)9-11-6-13(12-9)5-7-3-1-2-4-7/h6-7H,1-5H2,(H2,10,14). The quantitative estimate of drug-likeness (QED) is 0.759. The van der Waals surface area contributed by atoms with Gasteiger partial charge in [0, 0.05) is 6.54 Å². The van der Waals surface area contributed by atoms with E-state index in [4.69, 9.17) is 18.0 Å². The lowest BCUT2D eigenvalue weighted by atomic mass is 10.1. The zero-order chi connectivity index (χ0) is 9.97. The molecule has 2 N–H and O–H groups in total. The van der Waals surface area contributed by atoms with Crippen molar-refractivity contribution in [2.24, 2.45) is 11.7 Å². The second-order valence-corrected chi connectivity index (χ2v) is 4.24. The number of nitrogens with zero attached hydrogens (tertiary/aromatic N) is 3. The molecule has 0 bridgehead atoms.